The van der Waals surface area contributed by atoms with Crippen molar-refractivity contribution in [1.82, 2.24) is 0 Å². The Morgan fingerprint density at radius 2 is 0.958 bits per heavy atom. The first-order chi connectivity index (χ1) is 11.0. The van der Waals surface area contributed by atoms with Crippen LogP contribution in [0.1, 0.15) is 103 Å². The molecule has 0 aliphatic carbocycles. The number of hydrogen-bond acceptors (Lipinski definition) is 1. The first-order valence-electron chi connectivity index (χ1n) is 10.4. The summed E-state index contributed by atoms with van der Waals surface area (Å²) in [7, 11) is 6.44. The molecule has 148 valence electrons. The van der Waals surface area contributed by atoms with Crippen LogP contribution in [-0.2, 0) is 0 Å². The second-order valence-corrected chi connectivity index (χ2v) is 8.51. The fourth-order valence-corrected chi connectivity index (χ4v) is 3.30. The summed E-state index contributed by atoms with van der Waals surface area (Å²) >= 11 is 0. The molecule has 1 N–H and O–H groups in total. The summed E-state index contributed by atoms with van der Waals surface area (Å²) in [4.78, 5) is 0. The van der Waals surface area contributed by atoms with Gasteiger partial charge in [0.05, 0.1) is 21.1 Å². The largest absolute Gasteiger partial charge is 1.00 e. The predicted molar refractivity (Wildman–Crippen MR) is 104 cm³/mol. The minimum absolute atomic E-state index is 0. The second-order valence-electron chi connectivity index (χ2n) is 8.51. The normalized spacial score (nSPS) is 12.9. The van der Waals surface area contributed by atoms with Crippen LogP contribution in [-0.4, -0.2) is 43.4 Å². The lowest BCUT2D eigenvalue weighted by Crippen LogP contribution is -3.00. The van der Waals surface area contributed by atoms with Gasteiger partial charge in [0.15, 0.2) is 0 Å². The van der Waals surface area contributed by atoms with Gasteiger partial charge in [0, 0.05) is 0 Å². The maximum absolute atomic E-state index is 9.96. The molecule has 1 atom stereocenters. The Morgan fingerprint density at radius 3 is 1.29 bits per heavy atom. The van der Waals surface area contributed by atoms with Gasteiger partial charge in [-0.25, -0.2) is 0 Å². The number of quaternary nitrogens is 1. The maximum Gasteiger partial charge on any atom is 0.104 e. The SMILES string of the molecule is CCCCCCCCCCCCCCCCC(O)C[N+](C)(C)C.[Cl-]. The maximum atomic E-state index is 9.96. The molecule has 2 nitrogen and oxygen atoms in total. The van der Waals surface area contributed by atoms with E-state index >= 15 is 0 Å². The van der Waals surface area contributed by atoms with Crippen molar-refractivity contribution in [1.29, 1.82) is 0 Å². The molecule has 0 fully saturated rings. The van der Waals surface area contributed by atoms with Crippen molar-refractivity contribution in [3.05, 3.63) is 0 Å². The van der Waals surface area contributed by atoms with E-state index in [0.29, 0.717) is 0 Å². The molecule has 0 rings (SSSR count). The van der Waals surface area contributed by atoms with Gasteiger partial charge >= 0.3 is 0 Å². The van der Waals surface area contributed by atoms with Gasteiger partial charge in [0.2, 0.25) is 0 Å². The minimum atomic E-state index is -0.118. The standard InChI is InChI=1S/C21H46NO.ClH/c1-5-6-7-8-9-10-11-12-13-14-15-16-17-18-19-21(23)20-22(2,3)4;/h21,23H,5-20H2,1-4H3;1H/q+1;/p-1. The lowest BCUT2D eigenvalue weighted by molar-refractivity contribution is -0.873. The van der Waals surface area contributed by atoms with E-state index in [2.05, 4.69) is 28.1 Å². The average molecular weight is 364 g/mol. The lowest BCUT2D eigenvalue weighted by Gasteiger charge is -2.26. The summed E-state index contributed by atoms with van der Waals surface area (Å²) in [5.41, 5.74) is 0. The molecule has 24 heavy (non-hydrogen) atoms. The molecule has 0 saturated carbocycles. The Labute approximate surface area is 159 Å². The van der Waals surface area contributed by atoms with Gasteiger partial charge in [-0.1, -0.05) is 96.8 Å². The summed E-state index contributed by atoms with van der Waals surface area (Å²) in [6, 6.07) is 0. The zero-order valence-corrected chi connectivity index (χ0v) is 17.9. The van der Waals surface area contributed by atoms with Crippen LogP contribution in [0.5, 0.6) is 0 Å². The van der Waals surface area contributed by atoms with E-state index in [9.17, 15) is 5.11 Å². The highest BCUT2D eigenvalue weighted by Gasteiger charge is 2.14. The third kappa shape index (κ3) is 22.2. The topological polar surface area (TPSA) is 20.2 Å². The lowest BCUT2D eigenvalue weighted by atomic mass is 10.0. The van der Waals surface area contributed by atoms with E-state index in [-0.39, 0.29) is 18.5 Å². The van der Waals surface area contributed by atoms with E-state index in [4.69, 9.17) is 0 Å². The van der Waals surface area contributed by atoms with Gasteiger partial charge in [-0.15, -0.1) is 0 Å². The molecule has 0 aromatic carbocycles. The monoisotopic (exact) mass is 363 g/mol. The number of nitrogens with zero attached hydrogens (tertiary/aromatic N) is 1. The molecular formula is C21H46ClNO. The summed E-state index contributed by atoms with van der Waals surface area (Å²) in [5.74, 6) is 0. The van der Waals surface area contributed by atoms with Gasteiger partial charge in [-0.05, 0) is 6.42 Å². The zero-order chi connectivity index (χ0) is 17.4. The van der Waals surface area contributed by atoms with Crippen LogP contribution in [0.15, 0.2) is 0 Å². The van der Waals surface area contributed by atoms with Crippen molar-refractivity contribution < 1.29 is 22.0 Å². The highest BCUT2D eigenvalue weighted by Crippen LogP contribution is 2.14. The van der Waals surface area contributed by atoms with Crippen molar-refractivity contribution in [2.45, 2.75) is 109 Å². The third-order valence-corrected chi connectivity index (χ3v) is 4.65. The Hall–Kier alpha value is 0.210. The van der Waals surface area contributed by atoms with E-state index in [1.165, 1.54) is 89.9 Å². The van der Waals surface area contributed by atoms with Crippen LogP contribution in [0.3, 0.4) is 0 Å². The van der Waals surface area contributed by atoms with Crippen molar-refractivity contribution in [3.63, 3.8) is 0 Å². The molecule has 0 saturated heterocycles. The van der Waals surface area contributed by atoms with Crippen LogP contribution < -0.4 is 12.4 Å². The van der Waals surface area contributed by atoms with Gasteiger partial charge in [-0.3, -0.25) is 0 Å². The average Bonchev–Trinajstić information content (AvgIpc) is 2.46. The Kier molecular flexibility index (Phi) is 19.8. The van der Waals surface area contributed by atoms with Gasteiger partial charge in [0.1, 0.15) is 12.6 Å². The van der Waals surface area contributed by atoms with E-state index < -0.39 is 0 Å². The van der Waals surface area contributed by atoms with E-state index in [1.807, 2.05) is 0 Å². The number of aliphatic hydroxyl groups excluding tert-OH is 1. The highest BCUT2D eigenvalue weighted by molar-refractivity contribution is 4.55. The number of unbranched alkanes of at least 4 members (excludes halogenated alkanes) is 13. The summed E-state index contributed by atoms with van der Waals surface area (Å²) in [6.07, 6.45) is 20.4. The third-order valence-electron chi connectivity index (χ3n) is 4.65. The Morgan fingerprint density at radius 1 is 0.625 bits per heavy atom. The van der Waals surface area contributed by atoms with E-state index in [1.54, 1.807) is 0 Å². The Bertz CT molecular complexity index is 240. The molecule has 0 aromatic rings. The number of hydrogen-bond donors (Lipinski definition) is 1. The summed E-state index contributed by atoms with van der Waals surface area (Å²) in [6.45, 7) is 3.16. The van der Waals surface area contributed by atoms with Gasteiger partial charge in [-0.2, -0.15) is 0 Å². The van der Waals surface area contributed by atoms with Crippen LogP contribution in [0.4, 0.5) is 0 Å². The molecule has 0 spiro atoms. The van der Waals surface area contributed by atoms with Crippen molar-refractivity contribution in [3.8, 4) is 0 Å². The quantitative estimate of drug-likeness (QED) is 0.311. The predicted octanol–water partition coefficient (Wildman–Crippen LogP) is 2.93. The number of aliphatic hydroxyl groups is 1. The number of halogens is 1. The van der Waals surface area contributed by atoms with Crippen LogP contribution in [0.2, 0.25) is 0 Å². The molecule has 0 heterocycles. The number of likely N-dealkylation sites (N-methyl/N-ethyl adjacent to an activating group) is 1. The van der Waals surface area contributed by atoms with Crippen molar-refractivity contribution >= 4 is 0 Å². The molecule has 0 radical (unpaired) electrons. The molecule has 0 aromatic heterocycles. The molecule has 0 bridgehead atoms. The molecule has 0 amide bonds. The van der Waals surface area contributed by atoms with Crippen molar-refractivity contribution in [2.75, 3.05) is 27.7 Å². The number of rotatable bonds is 17. The molecule has 1 unspecified atom stereocenters. The van der Waals surface area contributed by atoms with E-state index in [0.717, 1.165) is 17.4 Å². The summed E-state index contributed by atoms with van der Waals surface area (Å²) < 4.78 is 0.861. The smallest absolute Gasteiger partial charge is 0.104 e. The zero-order valence-electron chi connectivity index (χ0n) is 17.2. The fourth-order valence-electron chi connectivity index (χ4n) is 3.30. The van der Waals surface area contributed by atoms with Gasteiger partial charge < -0.3 is 22.0 Å². The molecule has 0 aliphatic rings. The van der Waals surface area contributed by atoms with Crippen LogP contribution >= 0.6 is 0 Å². The molecular weight excluding hydrogens is 318 g/mol. The first kappa shape index (κ1) is 26.4. The van der Waals surface area contributed by atoms with Crippen LogP contribution in [0.25, 0.3) is 0 Å². The highest BCUT2D eigenvalue weighted by atomic mass is 35.5. The molecule has 0 aliphatic heterocycles. The van der Waals surface area contributed by atoms with Crippen LogP contribution in [0, 0.1) is 0 Å². The first-order valence-corrected chi connectivity index (χ1v) is 10.4. The second kappa shape index (κ2) is 18.0. The minimum Gasteiger partial charge on any atom is -1.00 e. The molecule has 3 heteroatoms. The van der Waals surface area contributed by atoms with Gasteiger partial charge in [0.25, 0.3) is 0 Å². The Balaban J connectivity index is 0. The summed E-state index contributed by atoms with van der Waals surface area (Å²) in [5, 5.41) is 9.96. The fraction of sp³-hybridized carbons (Fsp3) is 1.00. The van der Waals surface area contributed by atoms with Crippen molar-refractivity contribution in [2.24, 2.45) is 0 Å².